The summed E-state index contributed by atoms with van der Waals surface area (Å²) < 4.78 is 42.3. The maximum atomic E-state index is 13.7. The lowest BCUT2D eigenvalue weighted by atomic mass is 9.84. The first-order chi connectivity index (χ1) is 15.1. The Morgan fingerprint density at radius 2 is 1.75 bits per heavy atom. The van der Waals surface area contributed by atoms with Crippen molar-refractivity contribution in [2.75, 3.05) is 18.0 Å². The van der Waals surface area contributed by atoms with Gasteiger partial charge in [-0.3, -0.25) is 9.48 Å². The number of hydrogen-bond donors (Lipinski definition) is 2. The highest BCUT2D eigenvalue weighted by Gasteiger charge is 2.36. The van der Waals surface area contributed by atoms with Crippen molar-refractivity contribution in [3.63, 3.8) is 0 Å². The molecule has 0 spiro atoms. The fourth-order valence-electron chi connectivity index (χ4n) is 4.03. The van der Waals surface area contributed by atoms with E-state index in [0.717, 1.165) is 23.4 Å². The SMILES string of the molecule is Cc1nn(C)cc1-c1cc(C(N)=O)cc(N2CCC(O)(c3cc(F)c(F)c(F)c3)CC2)n1. The number of pyridine rings is 1. The second kappa shape index (κ2) is 7.94. The van der Waals surface area contributed by atoms with Crippen LogP contribution in [0, 0.1) is 24.4 Å². The summed E-state index contributed by atoms with van der Waals surface area (Å²) in [5, 5.41) is 15.3. The van der Waals surface area contributed by atoms with Crippen molar-refractivity contribution in [1.29, 1.82) is 0 Å². The predicted molar refractivity (Wildman–Crippen MR) is 111 cm³/mol. The van der Waals surface area contributed by atoms with E-state index in [1.807, 2.05) is 11.8 Å². The molecule has 0 saturated carbocycles. The second-order valence-corrected chi connectivity index (χ2v) is 8.04. The second-order valence-electron chi connectivity index (χ2n) is 8.04. The van der Waals surface area contributed by atoms with Crippen LogP contribution in [0.5, 0.6) is 0 Å². The van der Waals surface area contributed by atoms with Gasteiger partial charge in [-0.25, -0.2) is 18.2 Å². The number of aromatic nitrogens is 3. The van der Waals surface area contributed by atoms with Gasteiger partial charge >= 0.3 is 0 Å². The Morgan fingerprint density at radius 3 is 2.28 bits per heavy atom. The van der Waals surface area contributed by atoms with Crippen LogP contribution in [0.4, 0.5) is 19.0 Å². The zero-order valence-electron chi connectivity index (χ0n) is 17.6. The number of amides is 1. The Labute approximate surface area is 182 Å². The number of carbonyl (C=O) groups excluding carboxylic acids is 1. The van der Waals surface area contributed by atoms with E-state index in [-0.39, 0.29) is 37.1 Å². The number of aliphatic hydroxyl groups is 1. The maximum absolute atomic E-state index is 13.7. The Balaban J connectivity index is 1.63. The first kappa shape index (κ1) is 21.8. The van der Waals surface area contributed by atoms with Gasteiger partial charge in [0.25, 0.3) is 0 Å². The van der Waals surface area contributed by atoms with Gasteiger partial charge in [0.2, 0.25) is 5.91 Å². The molecule has 10 heteroatoms. The Morgan fingerprint density at radius 1 is 1.12 bits per heavy atom. The van der Waals surface area contributed by atoms with E-state index < -0.39 is 29.0 Å². The third kappa shape index (κ3) is 3.93. The summed E-state index contributed by atoms with van der Waals surface area (Å²) in [4.78, 5) is 18.4. The van der Waals surface area contributed by atoms with Gasteiger partial charge in [-0.1, -0.05) is 0 Å². The van der Waals surface area contributed by atoms with Crippen LogP contribution < -0.4 is 10.6 Å². The van der Waals surface area contributed by atoms with Crippen LogP contribution >= 0.6 is 0 Å². The molecule has 7 nitrogen and oxygen atoms in total. The average Bonchev–Trinajstić information content (AvgIpc) is 3.09. The minimum Gasteiger partial charge on any atom is -0.385 e. The van der Waals surface area contributed by atoms with Crippen LogP contribution in [0.25, 0.3) is 11.3 Å². The number of aryl methyl sites for hydroxylation is 2. The lowest BCUT2D eigenvalue weighted by Gasteiger charge is -2.39. The normalized spacial score (nSPS) is 15.8. The Bertz CT molecular complexity index is 1180. The van der Waals surface area contributed by atoms with E-state index in [0.29, 0.717) is 11.5 Å². The van der Waals surface area contributed by atoms with Crippen LogP contribution in [0.1, 0.15) is 34.5 Å². The molecule has 32 heavy (non-hydrogen) atoms. The summed E-state index contributed by atoms with van der Waals surface area (Å²) in [5.41, 5.74) is 6.28. The topological polar surface area (TPSA) is 97.3 Å². The molecular weight excluding hydrogens is 423 g/mol. The number of carbonyl (C=O) groups is 1. The summed E-state index contributed by atoms with van der Waals surface area (Å²) in [6.07, 6.45) is 2.04. The molecule has 1 aromatic carbocycles. The first-order valence-corrected chi connectivity index (χ1v) is 10.0. The number of primary amides is 1. The van der Waals surface area contributed by atoms with E-state index in [1.165, 1.54) is 0 Å². The van der Waals surface area contributed by atoms with Gasteiger partial charge in [-0.05, 0) is 49.6 Å². The van der Waals surface area contributed by atoms with E-state index in [2.05, 4.69) is 10.1 Å². The number of nitrogens with two attached hydrogens (primary N) is 1. The molecule has 1 saturated heterocycles. The Hall–Kier alpha value is -3.40. The molecule has 168 valence electrons. The van der Waals surface area contributed by atoms with Gasteiger partial charge in [-0.2, -0.15) is 5.10 Å². The largest absolute Gasteiger partial charge is 0.385 e. The van der Waals surface area contributed by atoms with E-state index in [1.54, 1.807) is 30.1 Å². The van der Waals surface area contributed by atoms with Crippen molar-refractivity contribution in [3.8, 4) is 11.3 Å². The summed E-state index contributed by atoms with van der Waals surface area (Å²) in [6, 6.07) is 4.81. The number of hydrogen-bond acceptors (Lipinski definition) is 5. The predicted octanol–water partition coefficient (Wildman–Crippen LogP) is 2.79. The van der Waals surface area contributed by atoms with E-state index in [4.69, 9.17) is 5.73 Å². The lowest BCUT2D eigenvalue weighted by molar-refractivity contribution is 0.0109. The first-order valence-electron chi connectivity index (χ1n) is 10.0. The molecule has 1 aliphatic heterocycles. The molecule has 0 unspecified atom stereocenters. The van der Waals surface area contributed by atoms with Crippen LogP contribution in [0.3, 0.4) is 0 Å². The molecule has 1 amide bonds. The van der Waals surface area contributed by atoms with Crippen LogP contribution in [0.2, 0.25) is 0 Å². The molecule has 4 rings (SSSR count). The molecule has 0 radical (unpaired) electrons. The lowest BCUT2D eigenvalue weighted by Crippen LogP contribution is -2.43. The Kier molecular flexibility index (Phi) is 5.41. The third-order valence-corrected chi connectivity index (χ3v) is 5.82. The number of piperidine rings is 1. The van der Waals surface area contributed by atoms with Crippen molar-refractivity contribution >= 4 is 11.7 Å². The molecule has 0 aliphatic carbocycles. The number of nitrogens with zero attached hydrogens (tertiary/aromatic N) is 4. The molecular formula is C22H22F3N5O2. The molecule has 2 aromatic heterocycles. The van der Waals surface area contributed by atoms with Crippen LogP contribution in [-0.2, 0) is 12.6 Å². The van der Waals surface area contributed by atoms with Crippen molar-refractivity contribution in [1.82, 2.24) is 14.8 Å². The molecule has 3 heterocycles. The number of halogens is 3. The fraction of sp³-hybridized carbons (Fsp3) is 0.318. The molecule has 1 aliphatic rings. The number of benzene rings is 1. The minimum atomic E-state index is -1.57. The van der Waals surface area contributed by atoms with Crippen molar-refractivity contribution in [3.05, 3.63) is 64.7 Å². The average molecular weight is 445 g/mol. The van der Waals surface area contributed by atoms with Crippen molar-refractivity contribution in [2.24, 2.45) is 12.8 Å². The van der Waals surface area contributed by atoms with Gasteiger partial charge in [0.1, 0.15) is 5.82 Å². The molecule has 0 atom stereocenters. The van der Waals surface area contributed by atoms with Crippen LogP contribution in [0.15, 0.2) is 30.5 Å². The van der Waals surface area contributed by atoms with Crippen LogP contribution in [-0.4, -0.2) is 38.9 Å². The maximum Gasteiger partial charge on any atom is 0.248 e. The molecule has 0 bridgehead atoms. The zero-order valence-corrected chi connectivity index (χ0v) is 17.6. The molecule has 3 aromatic rings. The molecule has 1 fully saturated rings. The third-order valence-electron chi connectivity index (χ3n) is 5.82. The summed E-state index contributed by atoms with van der Waals surface area (Å²) in [5.74, 6) is -4.38. The van der Waals surface area contributed by atoms with E-state index in [9.17, 15) is 23.1 Å². The van der Waals surface area contributed by atoms with Gasteiger partial charge < -0.3 is 15.7 Å². The van der Waals surface area contributed by atoms with Crippen molar-refractivity contribution in [2.45, 2.75) is 25.4 Å². The fourth-order valence-corrected chi connectivity index (χ4v) is 4.03. The zero-order chi connectivity index (χ0) is 23.2. The highest BCUT2D eigenvalue weighted by molar-refractivity contribution is 5.94. The summed E-state index contributed by atoms with van der Waals surface area (Å²) >= 11 is 0. The standard InChI is InChI=1S/C22H22F3N5O2/c1-12-15(11-29(2)28-12)18-7-13(21(26)31)8-19(27-18)30-5-3-22(32,4-6-30)14-9-16(23)20(25)17(24)10-14/h7-11,32H,3-6H2,1-2H3,(H2,26,31). The minimum absolute atomic E-state index is 0.0148. The van der Waals surface area contributed by atoms with Gasteiger partial charge in [0.15, 0.2) is 17.5 Å². The smallest absolute Gasteiger partial charge is 0.248 e. The van der Waals surface area contributed by atoms with Crippen molar-refractivity contribution < 1.29 is 23.1 Å². The quantitative estimate of drug-likeness (QED) is 0.602. The highest BCUT2D eigenvalue weighted by atomic mass is 19.2. The summed E-state index contributed by atoms with van der Waals surface area (Å²) in [6.45, 7) is 2.41. The van der Waals surface area contributed by atoms with E-state index >= 15 is 0 Å². The number of anilines is 1. The van der Waals surface area contributed by atoms with Gasteiger partial charge in [-0.15, -0.1) is 0 Å². The molecule has 3 N–H and O–H groups in total. The summed E-state index contributed by atoms with van der Waals surface area (Å²) in [7, 11) is 1.78. The number of rotatable bonds is 4. The monoisotopic (exact) mass is 445 g/mol. The van der Waals surface area contributed by atoms with Gasteiger partial charge in [0.05, 0.1) is 17.0 Å². The highest BCUT2D eigenvalue weighted by Crippen LogP contribution is 2.36. The van der Waals surface area contributed by atoms with Gasteiger partial charge in [0, 0.05) is 37.5 Å².